The molecule has 8 nitrogen and oxygen atoms in total. The maximum Gasteiger partial charge on any atom is 0.410 e. The predicted molar refractivity (Wildman–Crippen MR) is 115 cm³/mol. The highest BCUT2D eigenvalue weighted by Gasteiger charge is 2.36. The number of likely N-dealkylation sites (tertiary alicyclic amines) is 1. The van der Waals surface area contributed by atoms with Crippen molar-refractivity contribution in [2.24, 2.45) is 5.92 Å². The maximum atomic E-state index is 12.7. The van der Waals surface area contributed by atoms with E-state index in [-0.39, 0.29) is 41.3 Å². The highest BCUT2D eigenvalue weighted by atomic mass is 16.6. The van der Waals surface area contributed by atoms with Gasteiger partial charge in [0.2, 0.25) is 0 Å². The van der Waals surface area contributed by atoms with Crippen LogP contribution in [0.5, 0.6) is 0 Å². The normalized spacial score (nSPS) is 17.2. The number of nitrogens with zero attached hydrogens (tertiary/aromatic N) is 2. The second-order valence-corrected chi connectivity index (χ2v) is 9.59. The fourth-order valence-corrected chi connectivity index (χ4v) is 3.76. The molecule has 1 fully saturated rings. The first-order chi connectivity index (χ1) is 14.5. The summed E-state index contributed by atoms with van der Waals surface area (Å²) in [5, 5.41) is 2.98. The van der Waals surface area contributed by atoms with E-state index < -0.39 is 5.60 Å². The Labute approximate surface area is 182 Å². The quantitative estimate of drug-likeness (QED) is 0.742. The Morgan fingerprint density at radius 2 is 1.71 bits per heavy atom. The molecule has 8 heteroatoms. The van der Waals surface area contributed by atoms with Crippen LogP contribution in [-0.2, 0) is 4.74 Å². The summed E-state index contributed by atoms with van der Waals surface area (Å²) in [7, 11) is 0. The molecule has 0 bridgehead atoms. The van der Waals surface area contributed by atoms with Gasteiger partial charge in [-0.1, -0.05) is 13.8 Å². The van der Waals surface area contributed by atoms with Gasteiger partial charge in [0.1, 0.15) is 5.60 Å². The van der Waals surface area contributed by atoms with Crippen molar-refractivity contribution in [3.05, 3.63) is 34.9 Å². The number of benzene rings is 1. The van der Waals surface area contributed by atoms with E-state index in [4.69, 9.17) is 4.74 Å². The molecule has 3 rings (SSSR count). The molecule has 0 aliphatic carbocycles. The van der Waals surface area contributed by atoms with Gasteiger partial charge in [-0.15, -0.1) is 0 Å². The maximum absolute atomic E-state index is 12.7. The minimum absolute atomic E-state index is 0.0748. The number of carbonyl (C=O) groups is 4. The minimum atomic E-state index is -0.542. The Kier molecular flexibility index (Phi) is 6.38. The summed E-state index contributed by atoms with van der Waals surface area (Å²) in [4.78, 5) is 52.9. The number of hydrogen-bond donors (Lipinski definition) is 1. The molecule has 2 aliphatic rings. The summed E-state index contributed by atoms with van der Waals surface area (Å²) in [6, 6.07) is 4.56. The van der Waals surface area contributed by atoms with E-state index in [1.54, 1.807) is 17.0 Å². The number of imide groups is 1. The molecular weight excluding hydrogens is 398 g/mol. The van der Waals surface area contributed by atoms with Crippen molar-refractivity contribution in [2.75, 3.05) is 19.6 Å². The first kappa shape index (κ1) is 22.8. The van der Waals surface area contributed by atoms with Crippen LogP contribution < -0.4 is 5.32 Å². The summed E-state index contributed by atoms with van der Waals surface area (Å²) in [5.41, 5.74) is 0.422. The zero-order chi connectivity index (χ0) is 22.9. The zero-order valence-corrected chi connectivity index (χ0v) is 18.9. The molecule has 0 atom stereocenters. The fourth-order valence-electron chi connectivity index (χ4n) is 3.76. The number of fused-ring (bicyclic) bond motifs is 1. The standard InChI is InChI=1S/C23H31N3O5/c1-14(2)13-26-20(28)17-7-6-15(12-18(17)21(26)29)19(27)24-16-8-10-25(11-9-16)22(30)31-23(3,4)5/h6-7,12,14,16H,8-11,13H2,1-5H3,(H,24,27). The summed E-state index contributed by atoms with van der Waals surface area (Å²) in [6.07, 6.45) is 0.899. The van der Waals surface area contributed by atoms with Gasteiger partial charge in [0.05, 0.1) is 11.1 Å². The molecule has 1 aromatic carbocycles. The highest BCUT2D eigenvalue weighted by Crippen LogP contribution is 2.25. The minimum Gasteiger partial charge on any atom is -0.444 e. The number of hydrogen-bond acceptors (Lipinski definition) is 5. The average molecular weight is 430 g/mol. The van der Waals surface area contributed by atoms with Gasteiger partial charge in [-0.2, -0.15) is 0 Å². The Balaban J connectivity index is 1.60. The van der Waals surface area contributed by atoms with Crippen LogP contribution in [0, 0.1) is 5.92 Å². The van der Waals surface area contributed by atoms with Crippen LogP contribution in [0.3, 0.4) is 0 Å². The van der Waals surface area contributed by atoms with Crippen molar-refractivity contribution in [3.8, 4) is 0 Å². The summed E-state index contributed by atoms with van der Waals surface area (Å²) in [5.74, 6) is -0.790. The Morgan fingerprint density at radius 1 is 1.10 bits per heavy atom. The molecule has 1 saturated heterocycles. The Hall–Kier alpha value is -2.90. The molecular formula is C23H31N3O5. The summed E-state index contributed by atoms with van der Waals surface area (Å²) in [6.45, 7) is 10.7. The molecule has 0 aromatic heterocycles. The van der Waals surface area contributed by atoms with Crippen molar-refractivity contribution < 1.29 is 23.9 Å². The Bertz CT molecular complexity index is 895. The number of ether oxygens (including phenoxy) is 1. The van der Waals surface area contributed by atoms with Crippen LogP contribution in [0.25, 0.3) is 0 Å². The molecule has 0 radical (unpaired) electrons. The number of rotatable bonds is 4. The smallest absolute Gasteiger partial charge is 0.410 e. The average Bonchev–Trinajstić information content (AvgIpc) is 2.91. The largest absolute Gasteiger partial charge is 0.444 e. The molecule has 2 heterocycles. The lowest BCUT2D eigenvalue weighted by Gasteiger charge is -2.33. The van der Waals surface area contributed by atoms with Crippen LogP contribution >= 0.6 is 0 Å². The monoisotopic (exact) mass is 429 g/mol. The summed E-state index contributed by atoms with van der Waals surface area (Å²) >= 11 is 0. The third-order valence-electron chi connectivity index (χ3n) is 5.26. The van der Waals surface area contributed by atoms with Crippen LogP contribution in [-0.4, -0.2) is 64.9 Å². The van der Waals surface area contributed by atoms with E-state index >= 15 is 0 Å². The lowest BCUT2D eigenvalue weighted by atomic mass is 10.0. The van der Waals surface area contributed by atoms with Gasteiger partial charge < -0.3 is 15.0 Å². The number of piperidine rings is 1. The van der Waals surface area contributed by atoms with Gasteiger partial charge in [-0.3, -0.25) is 19.3 Å². The fraction of sp³-hybridized carbons (Fsp3) is 0.565. The number of carbonyl (C=O) groups excluding carboxylic acids is 4. The number of amides is 4. The first-order valence-electron chi connectivity index (χ1n) is 10.8. The van der Waals surface area contributed by atoms with Gasteiger partial charge in [0, 0.05) is 31.2 Å². The van der Waals surface area contributed by atoms with Gasteiger partial charge in [-0.05, 0) is 57.7 Å². The van der Waals surface area contributed by atoms with Gasteiger partial charge in [0.25, 0.3) is 17.7 Å². The van der Waals surface area contributed by atoms with E-state index in [1.807, 2.05) is 34.6 Å². The van der Waals surface area contributed by atoms with Crippen LogP contribution in [0.15, 0.2) is 18.2 Å². The lowest BCUT2D eigenvalue weighted by Crippen LogP contribution is -2.47. The number of nitrogens with one attached hydrogen (secondary N) is 1. The second-order valence-electron chi connectivity index (χ2n) is 9.59. The van der Waals surface area contributed by atoms with Gasteiger partial charge >= 0.3 is 6.09 Å². The molecule has 1 N–H and O–H groups in total. The van der Waals surface area contributed by atoms with Gasteiger partial charge in [0.15, 0.2) is 0 Å². The second kappa shape index (κ2) is 8.69. The van der Waals surface area contributed by atoms with Crippen LogP contribution in [0.1, 0.15) is 78.5 Å². The lowest BCUT2D eigenvalue weighted by molar-refractivity contribution is 0.0199. The zero-order valence-electron chi connectivity index (χ0n) is 18.9. The van der Waals surface area contributed by atoms with E-state index in [0.717, 1.165) is 0 Å². The molecule has 2 aliphatic heterocycles. The van der Waals surface area contributed by atoms with Crippen LogP contribution in [0.4, 0.5) is 4.79 Å². The van der Waals surface area contributed by atoms with E-state index in [9.17, 15) is 19.2 Å². The van der Waals surface area contributed by atoms with Crippen molar-refractivity contribution >= 4 is 23.8 Å². The molecule has 0 spiro atoms. The molecule has 0 unspecified atom stereocenters. The highest BCUT2D eigenvalue weighted by molar-refractivity contribution is 6.22. The van der Waals surface area contributed by atoms with E-state index in [0.29, 0.717) is 43.6 Å². The molecule has 1 aromatic rings. The molecule has 4 amide bonds. The van der Waals surface area contributed by atoms with Gasteiger partial charge in [-0.25, -0.2) is 4.79 Å². The molecule has 168 valence electrons. The topological polar surface area (TPSA) is 96.0 Å². The Morgan fingerprint density at radius 3 is 2.29 bits per heavy atom. The third-order valence-corrected chi connectivity index (χ3v) is 5.26. The van der Waals surface area contributed by atoms with E-state index in [1.165, 1.54) is 11.0 Å². The van der Waals surface area contributed by atoms with E-state index in [2.05, 4.69) is 5.32 Å². The third kappa shape index (κ3) is 5.24. The predicted octanol–water partition coefficient (Wildman–Crippen LogP) is 3.07. The van der Waals surface area contributed by atoms with Crippen molar-refractivity contribution in [1.82, 2.24) is 15.1 Å². The molecule has 0 saturated carbocycles. The van der Waals surface area contributed by atoms with Crippen molar-refractivity contribution in [1.29, 1.82) is 0 Å². The van der Waals surface area contributed by atoms with Crippen LogP contribution in [0.2, 0.25) is 0 Å². The first-order valence-corrected chi connectivity index (χ1v) is 10.8. The SMILES string of the molecule is CC(C)CN1C(=O)c2ccc(C(=O)NC3CCN(C(=O)OC(C)(C)C)CC3)cc2C1=O. The van der Waals surface area contributed by atoms with Crippen molar-refractivity contribution in [2.45, 2.75) is 59.1 Å². The summed E-state index contributed by atoms with van der Waals surface area (Å²) < 4.78 is 5.39. The molecule has 31 heavy (non-hydrogen) atoms. The van der Waals surface area contributed by atoms with Crippen molar-refractivity contribution in [3.63, 3.8) is 0 Å².